The lowest BCUT2D eigenvalue weighted by molar-refractivity contribution is -0.254. The Kier molecular flexibility index (Phi) is 5.93. The van der Waals surface area contributed by atoms with Crippen LogP contribution in [0.1, 0.15) is 46.1 Å². The van der Waals surface area contributed by atoms with Crippen LogP contribution in [0.3, 0.4) is 0 Å². The van der Waals surface area contributed by atoms with Gasteiger partial charge in [0, 0.05) is 11.1 Å². The minimum atomic E-state index is -3.79. The summed E-state index contributed by atoms with van der Waals surface area (Å²) < 4.78 is 30.3. The highest BCUT2D eigenvalue weighted by atomic mass is 35.5. The number of hydrogen-bond donors (Lipinski definition) is 1. The first-order chi connectivity index (χ1) is 9.94. The lowest BCUT2D eigenvalue weighted by atomic mass is 9.80. The second-order valence-corrected chi connectivity index (χ2v) is 8.90. The van der Waals surface area contributed by atoms with Gasteiger partial charge in [0.15, 0.2) is 0 Å². The summed E-state index contributed by atoms with van der Waals surface area (Å²) in [4.78, 5) is 0.167. The van der Waals surface area contributed by atoms with E-state index in [9.17, 15) is 13.6 Å². The van der Waals surface area contributed by atoms with Gasteiger partial charge < -0.3 is 5.21 Å². The van der Waals surface area contributed by atoms with E-state index >= 15 is 0 Å². The van der Waals surface area contributed by atoms with Crippen molar-refractivity contribution < 1.29 is 17.8 Å². The summed E-state index contributed by atoms with van der Waals surface area (Å²) in [6, 6.07) is 6.62. The van der Waals surface area contributed by atoms with Gasteiger partial charge in [0.2, 0.25) is 0 Å². The minimum absolute atomic E-state index is 0. The van der Waals surface area contributed by atoms with E-state index in [1.165, 1.54) is 5.06 Å². The van der Waals surface area contributed by atoms with Crippen molar-refractivity contribution in [1.29, 1.82) is 0 Å². The van der Waals surface area contributed by atoms with Gasteiger partial charge in [-0.3, -0.25) is 4.18 Å². The van der Waals surface area contributed by atoms with E-state index in [4.69, 9.17) is 4.18 Å². The van der Waals surface area contributed by atoms with Gasteiger partial charge in [0.05, 0.1) is 11.0 Å². The van der Waals surface area contributed by atoms with Crippen LogP contribution in [-0.4, -0.2) is 35.9 Å². The molecule has 1 saturated heterocycles. The van der Waals surface area contributed by atoms with Crippen molar-refractivity contribution in [3.05, 3.63) is 29.8 Å². The quantitative estimate of drug-likeness (QED) is 0.832. The summed E-state index contributed by atoms with van der Waals surface area (Å²) in [6.45, 7) is 9.41. The normalized spacial score (nSPS) is 21.7. The first kappa shape index (κ1) is 20.4. The predicted octanol–water partition coefficient (Wildman–Crippen LogP) is 3.53. The zero-order chi connectivity index (χ0) is 16.8. The van der Waals surface area contributed by atoms with Crippen LogP contribution >= 0.6 is 12.4 Å². The van der Waals surface area contributed by atoms with Crippen LogP contribution in [0.4, 0.5) is 0 Å². The summed E-state index contributed by atoms with van der Waals surface area (Å²) in [5.41, 5.74) is -0.0976. The van der Waals surface area contributed by atoms with E-state index in [0.717, 1.165) is 5.56 Å². The number of hydrogen-bond acceptors (Lipinski definition) is 5. The van der Waals surface area contributed by atoms with Crippen molar-refractivity contribution in [3.63, 3.8) is 0 Å². The third-order valence-corrected chi connectivity index (χ3v) is 5.55. The van der Waals surface area contributed by atoms with Crippen LogP contribution in [0.5, 0.6) is 0 Å². The predicted molar refractivity (Wildman–Crippen MR) is 91.5 cm³/mol. The number of nitrogens with zero attached hydrogens (tertiary/aromatic N) is 1. The summed E-state index contributed by atoms with van der Waals surface area (Å²) in [7, 11) is -3.79. The molecule has 1 aromatic carbocycles. The number of piperidine rings is 1. The fourth-order valence-corrected chi connectivity index (χ4v) is 4.26. The van der Waals surface area contributed by atoms with Gasteiger partial charge >= 0.3 is 0 Å². The molecule has 5 nitrogen and oxygen atoms in total. The first-order valence-electron chi connectivity index (χ1n) is 7.43. The van der Waals surface area contributed by atoms with Gasteiger partial charge in [-0.25, -0.2) is 0 Å². The summed E-state index contributed by atoms with van der Waals surface area (Å²) >= 11 is 0. The lowest BCUT2D eigenvalue weighted by Gasteiger charge is -2.50. The van der Waals surface area contributed by atoms with Crippen LogP contribution in [0, 0.1) is 6.92 Å². The third-order valence-electron chi connectivity index (χ3n) is 4.17. The molecule has 132 valence electrons. The van der Waals surface area contributed by atoms with E-state index in [0.29, 0.717) is 12.8 Å². The summed E-state index contributed by atoms with van der Waals surface area (Å²) in [5, 5.41) is 11.6. The van der Waals surface area contributed by atoms with Crippen LogP contribution in [-0.2, 0) is 14.3 Å². The Morgan fingerprint density at radius 2 is 1.52 bits per heavy atom. The molecule has 0 bridgehead atoms. The zero-order valence-corrected chi connectivity index (χ0v) is 15.9. The molecule has 0 unspecified atom stereocenters. The van der Waals surface area contributed by atoms with Crippen molar-refractivity contribution in [2.45, 2.75) is 69.5 Å². The molecule has 0 spiro atoms. The SMILES string of the molecule is Cc1ccc(S(=O)(=O)OC2CC(C)(C)N(O)C(C)(C)C2)cc1.Cl. The number of hydroxylamine groups is 2. The van der Waals surface area contributed by atoms with E-state index in [-0.39, 0.29) is 17.3 Å². The fraction of sp³-hybridized carbons (Fsp3) is 0.625. The average Bonchev–Trinajstić information content (AvgIpc) is 2.35. The van der Waals surface area contributed by atoms with E-state index in [1.807, 2.05) is 34.6 Å². The monoisotopic (exact) mass is 363 g/mol. The molecule has 1 aliphatic rings. The zero-order valence-electron chi connectivity index (χ0n) is 14.2. The molecular formula is C16H26ClNO4S. The maximum absolute atomic E-state index is 12.4. The average molecular weight is 364 g/mol. The standard InChI is InChI=1S/C16H25NO4S.ClH/c1-12-6-8-14(9-7-12)22(19,20)21-13-10-15(2,3)17(18)16(4,5)11-13;/h6-9,13,18H,10-11H2,1-5H3;1H. The van der Waals surface area contributed by atoms with Gasteiger partial charge in [-0.15, -0.1) is 12.4 Å². The van der Waals surface area contributed by atoms with Gasteiger partial charge in [-0.2, -0.15) is 13.5 Å². The minimum Gasteiger partial charge on any atom is -0.313 e. The van der Waals surface area contributed by atoms with Crippen molar-refractivity contribution >= 4 is 22.5 Å². The van der Waals surface area contributed by atoms with E-state index in [1.54, 1.807) is 24.3 Å². The van der Waals surface area contributed by atoms with Crippen molar-refractivity contribution in [2.24, 2.45) is 0 Å². The number of benzene rings is 1. The van der Waals surface area contributed by atoms with Crippen molar-refractivity contribution in [3.8, 4) is 0 Å². The Bertz CT molecular complexity index is 623. The maximum Gasteiger partial charge on any atom is 0.297 e. The van der Waals surface area contributed by atoms with Gasteiger partial charge in [0.25, 0.3) is 10.1 Å². The van der Waals surface area contributed by atoms with Gasteiger partial charge in [0.1, 0.15) is 0 Å². The van der Waals surface area contributed by atoms with Crippen LogP contribution in [0.15, 0.2) is 29.2 Å². The maximum atomic E-state index is 12.4. The molecule has 0 aromatic heterocycles. The van der Waals surface area contributed by atoms with E-state index < -0.39 is 27.3 Å². The Hall–Kier alpha value is -0.660. The highest BCUT2D eigenvalue weighted by molar-refractivity contribution is 7.86. The molecule has 23 heavy (non-hydrogen) atoms. The fourth-order valence-electron chi connectivity index (χ4n) is 3.19. The van der Waals surface area contributed by atoms with Crippen LogP contribution < -0.4 is 0 Å². The van der Waals surface area contributed by atoms with Crippen molar-refractivity contribution in [1.82, 2.24) is 5.06 Å². The molecule has 0 atom stereocenters. The Labute approximate surface area is 145 Å². The highest BCUT2D eigenvalue weighted by Crippen LogP contribution is 2.38. The number of aryl methyl sites for hydroxylation is 1. The first-order valence-corrected chi connectivity index (χ1v) is 8.84. The summed E-state index contributed by atoms with van der Waals surface area (Å²) in [5.74, 6) is 0. The topological polar surface area (TPSA) is 66.8 Å². The number of rotatable bonds is 3. The molecule has 1 aliphatic heterocycles. The highest BCUT2D eigenvalue weighted by Gasteiger charge is 2.46. The molecule has 1 heterocycles. The second kappa shape index (κ2) is 6.69. The molecular weight excluding hydrogens is 338 g/mol. The molecule has 2 rings (SSSR count). The molecule has 0 amide bonds. The second-order valence-electron chi connectivity index (χ2n) is 7.33. The molecule has 1 aromatic rings. The van der Waals surface area contributed by atoms with Crippen LogP contribution in [0.2, 0.25) is 0 Å². The molecule has 1 fully saturated rings. The molecule has 0 radical (unpaired) electrons. The van der Waals surface area contributed by atoms with Crippen molar-refractivity contribution in [2.75, 3.05) is 0 Å². The number of halogens is 1. The molecule has 7 heteroatoms. The van der Waals surface area contributed by atoms with Gasteiger partial charge in [-0.1, -0.05) is 17.7 Å². The third kappa shape index (κ3) is 4.45. The lowest BCUT2D eigenvalue weighted by Crippen LogP contribution is -2.60. The largest absolute Gasteiger partial charge is 0.313 e. The van der Waals surface area contributed by atoms with Crippen LogP contribution in [0.25, 0.3) is 0 Å². The summed E-state index contributed by atoms with van der Waals surface area (Å²) in [6.07, 6.45) is 0.426. The molecule has 0 aliphatic carbocycles. The molecule has 1 N–H and O–H groups in total. The Morgan fingerprint density at radius 1 is 1.09 bits per heavy atom. The van der Waals surface area contributed by atoms with E-state index in [2.05, 4.69) is 0 Å². The Balaban J connectivity index is 0.00000264. The Morgan fingerprint density at radius 3 is 1.96 bits per heavy atom. The van der Waals surface area contributed by atoms with Gasteiger partial charge in [-0.05, 0) is 59.6 Å². The smallest absolute Gasteiger partial charge is 0.297 e. The molecule has 0 saturated carbocycles.